The van der Waals surface area contributed by atoms with Crippen LogP contribution in [0, 0.1) is 0 Å². The zero-order chi connectivity index (χ0) is 12.5. The molecule has 4 nitrogen and oxygen atoms in total. The first kappa shape index (κ1) is 10.7. The number of hydrogen-bond donors (Lipinski definition) is 2. The van der Waals surface area contributed by atoms with Crippen molar-refractivity contribution in [2.75, 3.05) is 0 Å². The number of carbonyl (C=O) groups excluding carboxylic acids is 1. The van der Waals surface area contributed by atoms with E-state index in [-0.39, 0.29) is 11.7 Å². The topological polar surface area (TPSA) is 58.6 Å². The predicted molar refractivity (Wildman–Crippen MR) is 65.2 cm³/mol. The second-order valence-corrected chi connectivity index (χ2v) is 4.10. The molecule has 1 aliphatic heterocycles. The predicted octanol–water partition coefficient (Wildman–Crippen LogP) is 1.95. The molecule has 1 heterocycles. The van der Waals surface area contributed by atoms with Gasteiger partial charge in [-0.2, -0.15) is 5.48 Å². The van der Waals surface area contributed by atoms with Crippen LogP contribution in [0.2, 0.25) is 0 Å². The minimum Gasteiger partial charge on any atom is -0.507 e. The van der Waals surface area contributed by atoms with Gasteiger partial charge in [-0.1, -0.05) is 36.4 Å². The summed E-state index contributed by atoms with van der Waals surface area (Å²) in [7, 11) is 0. The quantitative estimate of drug-likeness (QED) is 0.802. The number of hydrogen-bond acceptors (Lipinski definition) is 3. The average molecular weight is 241 g/mol. The lowest BCUT2D eigenvalue weighted by molar-refractivity contribution is -0.129. The monoisotopic (exact) mass is 241 g/mol. The maximum Gasteiger partial charge on any atom is 0.264 e. The first-order valence-electron chi connectivity index (χ1n) is 5.61. The minimum absolute atomic E-state index is 0.0659. The molecule has 0 aromatic heterocycles. The van der Waals surface area contributed by atoms with Gasteiger partial charge in [0.15, 0.2) is 5.75 Å². The summed E-state index contributed by atoms with van der Waals surface area (Å²) < 4.78 is 0. The number of fused-ring (bicyclic) bond motifs is 1. The SMILES string of the molecule is O=C1NOc2cccc(O)c2C1c1ccccc1. The summed E-state index contributed by atoms with van der Waals surface area (Å²) >= 11 is 0. The molecule has 90 valence electrons. The van der Waals surface area contributed by atoms with Gasteiger partial charge in [-0.25, -0.2) is 0 Å². The van der Waals surface area contributed by atoms with Crippen LogP contribution >= 0.6 is 0 Å². The van der Waals surface area contributed by atoms with Gasteiger partial charge in [0.1, 0.15) is 5.75 Å². The first-order valence-corrected chi connectivity index (χ1v) is 5.61. The molecule has 0 aliphatic carbocycles. The van der Waals surface area contributed by atoms with E-state index in [1.807, 2.05) is 30.3 Å². The van der Waals surface area contributed by atoms with Gasteiger partial charge < -0.3 is 9.94 Å². The molecule has 2 aromatic carbocycles. The number of rotatable bonds is 1. The molecular weight excluding hydrogens is 230 g/mol. The van der Waals surface area contributed by atoms with Crippen molar-refractivity contribution in [3.63, 3.8) is 0 Å². The fourth-order valence-electron chi connectivity index (χ4n) is 2.17. The second kappa shape index (κ2) is 4.07. The maximum atomic E-state index is 12.0. The maximum absolute atomic E-state index is 12.0. The van der Waals surface area contributed by atoms with Crippen LogP contribution in [0.15, 0.2) is 48.5 Å². The van der Waals surface area contributed by atoms with E-state index in [0.29, 0.717) is 11.3 Å². The summed E-state index contributed by atoms with van der Waals surface area (Å²) in [6.45, 7) is 0. The fraction of sp³-hybridized carbons (Fsp3) is 0.0714. The van der Waals surface area contributed by atoms with Gasteiger partial charge in [0.2, 0.25) is 0 Å². The summed E-state index contributed by atoms with van der Waals surface area (Å²) in [5, 5.41) is 9.95. The molecule has 0 bridgehead atoms. The van der Waals surface area contributed by atoms with Crippen molar-refractivity contribution in [3.05, 3.63) is 59.7 Å². The second-order valence-electron chi connectivity index (χ2n) is 4.10. The van der Waals surface area contributed by atoms with Crippen molar-refractivity contribution in [3.8, 4) is 11.5 Å². The molecule has 0 spiro atoms. The van der Waals surface area contributed by atoms with Crippen molar-refractivity contribution >= 4 is 5.91 Å². The normalized spacial score (nSPS) is 17.6. The largest absolute Gasteiger partial charge is 0.507 e. The van der Waals surface area contributed by atoms with Crippen molar-refractivity contribution < 1.29 is 14.7 Å². The number of amides is 1. The number of carbonyl (C=O) groups is 1. The van der Waals surface area contributed by atoms with Crippen molar-refractivity contribution in [1.29, 1.82) is 0 Å². The van der Waals surface area contributed by atoms with E-state index in [1.165, 1.54) is 0 Å². The van der Waals surface area contributed by atoms with Gasteiger partial charge in [-0.3, -0.25) is 4.79 Å². The third-order valence-electron chi connectivity index (χ3n) is 2.99. The number of phenolic OH excluding ortho intramolecular Hbond substituents is 1. The Balaban J connectivity index is 2.19. The third kappa shape index (κ3) is 1.59. The van der Waals surface area contributed by atoms with E-state index in [0.717, 1.165) is 5.56 Å². The summed E-state index contributed by atoms with van der Waals surface area (Å²) in [4.78, 5) is 17.1. The Morgan fingerprint density at radius 3 is 2.61 bits per heavy atom. The lowest BCUT2D eigenvalue weighted by Crippen LogP contribution is -2.37. The van der Waals surface area contributed by atoms with E-state index in [9.17, 15) is 9.90 Å². The molecule has 1 unspecified atom stereocenters. The van der Waals surface area contributed by atoms with Gasteiger partial charge in [0.25, 0.3) is 5.91 Å². The molecule has 2 N–H and O–H groups in total. The highest BCUT2D eigenvalue weighted by Gasteiger charge is 2.33. The fourth-order valence-corrected chi connectivity index (χ4v) is 2.17. The lowest BCUT2D eigenvalue weighted by atomic mass is 9.88. The first-order chi connectivity index (χ1) is 8.77. The summed E-state index contributed by atoms with van der Waals surface area (Å²) in [6, 6.07) is 14.2. The Hall–Kier alpha value is -2.49. The van der Waals surface area contributed by atoms with Crippen molar-refractivity contribution in [2.45, 2.75) is 5.92 Å². The third-order valence-corrected chi connectivity index (χ3v) is 2.99. The van der Waals surface area contributed by atoms with Gasteiger partial charge >= 0.3 is 0 Å². The van der Waals surface area contributed by atoms with Crippen LogP contribution in [-0.2, 0) is 4.79 Å². The van der Waals surface area contributed by atoms with Crippen molar-refractivity contribution in [2.24, 2.45) is 0 Å². The minimum atomic E-state index is -0.545. The Bertz CT molecular complexity index is 595. The number of aromatic hydroxyl groups is 1. The zero-order valence-corrected chi connectivity index (χ0v) is 9.46. The number of hydroxylamine groups is 1. The lowest BCUT2D eigenvalue weighted by Gasteiger charge is -2.25. The molecule has 0 saturated carbocycles. The van der Waals surface area contributed by atoms with E-state index < -0.39 is 5.92 Å². The number of benzene rings is 2. The molecule has 0 radical (unpaired) electrons. The number of phenols is 1. The number of nitrogens with one attached hydrogen (secondary N) is 1. The van der Waals surface area contributed by atoms with Crippen LogP contribution in [0.5, 0.6) is 11.5 Å². The molecule has 1 atom stereocenters. The van der Waals surface area contributed by atoms with E-state index >= 15 is 0 Å². The average Bonchev–Trinajstić information content (AvgIpc) is 2.40. The Kier molecular flexibility index (Phi) is 2.41. The molecule has 1 aliphatic rings. The smallest absolute Gasteiger partial charge is 0.264 e. The highest BCUT2D eigenvalue weighted by Crippen LogP contribution is 2.40. The Labute approximate surface area is 104 Å². The van der Waals surface area contributed by atoms with Crippen LogP contribution < -0.4 is 10.3 Å². The highest BCUT2D eigenvalue weighted by molar-refractivity contribution is 5.89. The van der Waals surface area contributed by atoms with E-state index in [4.69, 9.17) is 4.84 Å². The van der Waals surface area contributed by atoms with Crippen LogP contribution in [0.3, 0.4) is 0 Å². The van der Waals surface area contributed by atoms with Crippen LogP contribution in [0.1, 0.15) is 17.0 Å². The molecule has 2 aromatic rings. The summed E-state index contributed by atoms with van der Waals surface area (Å²) in [5.74, 6) is -0.286. The highest BCUT2D eigenvalue weighted by atomic mass is 16.7. The Morgan fingerprint density at radius 1 is 1.06 bits per heavy atom. The molecule has 0 fully saturated rings. The van der Waals surface area contributed by atoms with Crippen LogP contribution in [0.25, 0.3) is 0 Å². The molecule has 18 heavy (non-hydrogen) atoms. The van der Waals surface area contributed by atoms with Gasteiger partial charge in [0.05, 0.1) is 11.5 Å². The van der Waals surface area contributed by atoms with Gasteiger partial charge in [0, 0.05) is 0 Å². The summed E-state index contributed by atoms with van der Waals surface area (Å²) in [5.41, 5.74) is 3.69. The van der Waals surface area contributed by atoms with Crippen molar-refractivity contribution in [1.82, 2.24) is 5.48 Å². The molecular formula is C14H11NO3. The summed E-state index contributed by atoms with van der Waals surface area (Å²) in [6.07, 6.45) is 0. The van der Waals surface area contributed by atoms with Gasteiger partial charge in [-0.15, -0.1) is 0 Å². The van der Waals surface area contributed by atoms with E-state index in [1.54, 1.807) is 18.2 Å². The standard InChI is InChI=1S/C14H11NO3/c16-10-7-4-8-11-13(10)12(14(17)15-18-11)9-5-2-1-3-6-9/h1-8,12,16H,(H,15,17). The van der Waals surface area contributed by atoms with Gasteiger partial charge in [-0.05, 0) is 17.7 Å². The van der Waals surface area contributed by atoms with E-state index in [2.05, 4.69) is 5.48 Å². The molecule has 0 saturated heterocycles. The zero-order valence-electron chi connectivity index (χ0n) is 9.46. The molecule has 3 rings (SSSR count). The Morgan fingerprint density at radius 2 is 1.83 bits per heavy atom. The molecule has 4 heteroatoms. The molecule has 1 amide bonds. The van der Waals surface area contributed by atoms with Crippen LogP contribution in [-0.4, -0.2) is 11.0 Å². The van der Waals surface area contributed by atoms with Crippen LogP contribution in [0.4, 0.5) is 0 Å².